The molecule has 0 fully saturated rings. The predicted molar refractivity (Wildman–Crippen MR) is 73.9 cm³/mol. The Kier molecular flexibility index (Phi) is 4.48. The van der Waals surface area contributed by atoms with E-state index < -0.39 is 11.6 Å². The molecule has 1 nitrogen and oxygen atoms in total. The van der Waals surface area contributed by atoms with Crippen LogP contribution in [0.4, 0.5) is 8.78 Å². The SMILES string of the molecule is CNC(Cc1ccc(F)cc1F)c1cc(Br)cs1. The van der Waals surface area contributed by atoms with Gasteiger partial charge in [0.25, 0.3) is 0 Å². The molecule has 0 spiro atoms. The quantitative estimate of drug-likeness (QED) is 0.881. The summed E-state index contributed by atoms with van der Waals surface area (Å²) in [7, 11) is 1.83. The highest BCUT2D eigenvalue weighted by Crippen LogP contribution is 2.28. The minimum Gasteiger partial charge on any atom is -0.312 e. The highest BCUT2D eigenvalue weighted by Gasteiger charge is 2.15. The van der Waals surface area contributed by atoms with Crippen molar-refractivity contribution in [3.05, 3.63) is 56.2 Å². The van der Waals surface area contributed by atoms with Gasteiger partial charge in [-0.15, -0.1) is 11.3 Å². The van der Waals surface area contributed by atoms with Crippen LogP contribution in [0.5, 0.6) is 0 Å². The van der Waals surface area contributed by atoms with E-state index in [4.69, 9.17) is 0 Å². The first kappa shape index (κ1) is 13.6. The summed E-state index contributed by atoms with van der Waals surface area (Å²) in [6.07, 6.45) is 0.496. The molecule has 2 rings (SSSR count). The lowest BCUT2D eigenvalue weighted by Crippen LogP contribution is -2.18. The summed E-state index contributed by atoms with van der Waals surface area (Å²) in [4.78, 5) is 1.12. The molecule has 0 aliphatic rings. The van der Waals surface area contributed by atoms with E-state index in [9.17, 15) is 8.78 Å². The van der Waals surface area contributed by atoms with Gasteiger partial charge in [-0.25, -0.2) is 8.78 Å². The monoisotopic (exact) mass is 331 g/mol. The summed E-state index contributed by atoms with van der Waals surface area (Å²) in [5, 5.41) is 5.14. The molecule has 0 saturated carbocycles. The molecule has 1 aromatic heterocycles. The maximum absolute atomic E-state index is 13.6. The second-order valence-electron chi connectivity index (χ2n) is 3.95. The van der Waals surface area contributed by atoms with Gasteiger partial charge in [0.15, 0.2) is 0 Å². The smallest absolute Gasteiger partial charge is 0.129 e. The van der Waals surface area contributed by atoms with E-state index in [0.717, 1.165) is 15.4 Å². The van der Waals surface area contributed by atoms with Crippen LogP contribution in [0.1, 0.15) is 16.5 Å². The van der Waals surface area contributed by atoms with E-state index in [0.29, 0.717) is 12.0 Å². The number of halogens is 3. The molecule has 0 aliphatic carbocycles. The molecule has 5 heteroatoms. The third-order valence-corrected chi connectivity index (χ3v) is 4.53. The normalized spacial score (nSPS) is 12.7. The number of thiophene rings is 1. The zero-order chi connectivity index (χ0) is 13.1. The van der Waals surface area contributed by atoms with E-state index in [2.05, 4.69) is 21.2 Å². The second-order valence-corrected chi connectivity index (χ2v) is 5.81. The van der Waals surface area contributed by atoms with Crippen LogP contribution in [-0.4, -0.2) is 7.05 Å². The van der Waals surface area contributed by atoms with Crippen molar-refractivity contribution in [2.24, 2.45) is 0 Å². The van der Waals surface area contributed by atoms with Gasteiger partial charge >= 0.3 is 0 Å². The number of rotatable bonds is 4. The molecule has 1 heterocycles. The Morgan fingerprint density at radius 2 is 2.11 bits per heavy atom. The average molecular weight is 332 g/mol. The van der Waals surface area contributed by atoms with Gasteiger partial charge in [-0.05, 0) is 47.1 Å². The van der Waals surface area contributed by atoms with Crippen molar-refractivity contribution in [2.45, 2.75) is 12.5 Å². The van der Waals surface area contributed by atoms with Crippen molar-refractivity contribution >= 4 is 27.3 Å². The Bertz CT molecular complexity index is 542. The lowest BCUT2D eigenvalue weighted by Gasteiger charge is -2.15. The van der Waals surface area contributed by atoms with E-state index in [1.54, 1.807) is 11.3 Å². The molecule has 0 bridgehead atoms. The fourth-order valence-corrected chi connectivity index (χ4v) is 3.32. The summed E-state index contributed by atoms with van der Waals surface area (Å²) in [5.74, 6) is -1.04. The van der Waals surface area contributed by atoms with Crippen molar-refractivity contribution in [3.63, 3.8) is 0 Å². The fraction of sp³-hybridized carbons (Fsp3) is 0.231. The first-order valence-corrected chi connectivity index (χ1v) is 7.12. The molecule has 0 aliphatic heterocycles. The molecule has 1 aromatic carbocycles. The minimum absolute atomic E-state index is 0.0289. The number of benzene rings is 1. The van der Waals surface area contributed by atoms with Crippen LogP contribution < -0.4 is 5.32 Å². The Labute approximate surface area is 117 Å². The predicted octanol–water partition coefficient (Wildman–Crippen LogP) is 4.29. The van der Waals surface area contributed by atoms with Crippen LogP contribution in [-0.2, 0) is 6.42 Å². The zero-order valence-electron chi connectivity index (χ0n) is 9.71. The van der Waals surface area contributed by atoms with Crippen LogP contribution in [0.25, 0.3) is 0 Å². The second kappa shape index (κ2) is 5.91. The molecular weight excluding hydrogens is 320 g/mol. The Hall–Kier alpha value is -0.780. The third-order valence-electron chi connectivity index (χ3n) is 2.72. The van der Waals surface area contributed by atoms with Crippen molar-refractivity contribution in [2.75, 3.05) is 7.05 Å². The maximum Gasteiger partial charge on any atom is 0.129 e. The molecule has 2 aromatic rings. The largest absolute Gasteiger partial charge is 0.312 e. The lowest BCUT2D eigenvalue weighted by molar-refractivity contribution is 0.544. The van der Waals surface area contributed by atoms with Gasteiger partial charge in [-0.1, -0.05) is 6.07 Å². The summed E-state index contributed by atoms with van der Waals surface area (Å²) in [5.41, 5.74) is 0.514. The summed E-state index contributed by atoms with van der Waals surface area (Å²) in [6.45, 7) is 0. The van der Waals surface area contributed by atoms with Crippen molar-refractivity contribution < 1.29 is 8.78 Å². The Balaban J connectivity index is 2.20. The van der Waals surface area contributed by atoms with E-state index in [-0.39, 0.29) is 6.04 Å². The fourth-order valence-electron chi connectivity index (χ4n) is 1.76. The van der Waals surface area contributed by atoms with Crippen LogP contribution in [0.3, 0.4) is 0 Å². The molecule has 0 amide bonds. The molecule has 18 heavy (non-hydrogen) atoms. The van der Waals surface area contributed by atoms with Gasteiger partial charge in [0, 0.05) is 26.8 Å². The molecule has 1 unspecified atom stereocenters. The van der Waals surface area contributed by atoms with E-state index in [1.165, 1.54) is 12.1 Å². The van der Waals surface area contributed by atoms with Gasteiger partial charge in [-0.3, -0.25) is 0 Å². The van der Waals surface area contributed by atoms with Gasteiger partial charge < -0.3 is 5.32 Å². The van der Waals surface area contributed by atoms with Gasteiger partial charge in [-0.2, -0.15) is 0 Å². The van der Waals surface area contributed by atoms with Crippen molar-refractivity contribution in [1.29, 1.82) is 0 Å². The Morgan fingerprint density at radius 1 is 1.33 bits per heavy atom. The van der Waals surface area contributed by atoms with Crippen LogP contribution >= 0.6 is 27.3 Å². The number of nitrogens with one attached hydrogen (secondary N) is 1. The molecule has 1 atom stereocenters. The van der Waals surface area contributed by atoms with E-state index >= 15 is 0 Å². The first-order valence-electron chi connectivity index (χ1n) is 5.45. The molecule has 0 saturated heterocycles. The van der Waals surface area contributed by atoms with Crippen LogP contribution in [0, 0.1) is 11.6 Å². The van der Waals surface area contributed by atoms with Gasteiger partial charge in [0.2, 0.25) is 0 Å². The number of hydrogen-bond donors (Lipinski definition) is 1. The lowest BCUT2D eigenvalue weighted by atomic mass is 10.0. The van der Waals surface area contributed by atoms with Crippen LogP contribution in [0.15, 0.2) is 34.1 Å². The standard InChI is InChI=1S/C13H12BrF2NS/c1-17-12(13-5-9(14)7-18-13)4-8-2-3-10(15)6-11(8)16/h2-3,5-7,12,17H,4H2,1H3. The number of likely N-dealkylation sites (N-methyl/N-ethyl adjacent to an activating group) is 1. The Morgan fingerprint density at radius 3 is 2.67 bits per heavy atom. The summed E-state index contributed by atoms with van der Waals surface area (Å²) >= 11 is 5.00. The summed E-state index contributed by atoms with van der Waals surface area (Å²) < 4.78 is 27.4. The van der Waals surface area contributed by atoms with Gasteiger partial charge in [0.05, 0.1) is 0 Å². The van der Waals surface area contributed by atoms with E-state index in [1.807, 2.05) is 18.5 Å². The zero-order valence-corrected chi connectivity index (χ0v) is 12.1. The summed E-state index contributed by atoms with van der Waals surface area (Å²) in [6, 6.07) is 5.74. The molecular formula is C13H12BrF2NS. The topological polar surface area (TPSA) is 12.0 Å². The molecule has 0 radical (unpaired) electrons. The first-order chi connectivity index (χ1) is 8.60. The molecule has 1 N–H and O–H groups in total. The van der Waals surface area contributed by atoms with Crippen molar-refractivity contribution in [1.82, 2.24) is 5.32 Å². The highest BCUT2D eigenvalue weighted by atomic mass is 79.9. The highest BCUT2D eigenvalue weighted by molar-refractivity contribution is 9.10. The van der Waals surface area contributed by atoms with Crippen molar-refractivity contribution in [3.8, 4) is 0 Å². The number of hydrogen-bond acceptors (Lipinski definition) is 2. The van der Waals surface area contributed by atoms with Crippen LogP contribution in [0.2, 0.25) is 0 Å². The minimum atomic E-state index is -0.545. The van der Waals surface area contributed by atoms with Gasteiger partial charge in [0.1, 0.15) is 11.6 Å². The maximum atomic E-state index is 13.6. The average Bonchev–Trinajstić information content (AvgIpc) is 2.75. The third kappa shape index (κ3) is 3.16. The molecule has 96 valence electrons.